The maximum atomic E-state index is 5.12. The molecule has 0 spiro atoms. The lowest BCUT2D eigenvalue weighted by Crippen LogP contribution is -2.25. The highest BCUT2D eigenvalue weighted by Gasteiger charge is 2.13. The van der Waals surface area contributed by atoms with Crippen molar-refractivity contribution in [3.05, 3.63) is 18.3 Å². The highest BCUT2D eigenvalue weighted by Crippen LogP contribution is 2.20. The first-order valence-electron chi connectivity index (χ1n) is 6.14. The van der Waals surface area contributed by atoms with E-state index in [4.69, 9.17) is 4.74 Å². The van der Waals surface area contributed by atoms with Crippen LogP contribution in [0, 0.1) is 0 Å². The second-order valence-electron chi connectivity index (χ2n) is 4.24. The van der Waals surface area contributed by atoms with Gasteiger partial charge in [0.1, 0.15) is 5.82 Å². The van der Waals surface area contributed by atoms with Crippen LogP contribution in [0.1, 0.15) is 31.4 Å². The van der Waals surface area contributed by atoms with Gasteiger partial charge in [0.15, 0.2) is 0 Å². The molecule has 4 heteroatoms. The quantitative estimate of drug-likeness (QED) is 0.804. The zero-order valence-corrected chi connectivity index (χ0v) is 10.4. The summed E-state index contributed by atoms with van der Waals surface area (Å²) in [6.45, 7) is 5.88. The molecule has 92 valence electrons. The first-order chi connectivity index (χ1) is 8.33. The van der Waals surface area contributed by atoms with Crippen molar-refractivity contribution in [2.45, 2.75) is 25.7 Å². The van der Waals surface area contributed by atoms with Crippen LogP contribution < -0.4 is 9.64 Å². The summed E-state index contributed by atoms with van der Waals surface area (Å²) >= 11 is 0. The predicted octanol–water partition coefficient (Wildman–Crippen LogP) is 2.51. The van der Waals surface area contributed by atoms with Crippen molar-refractivity contribution in [2.75, 3.05) is 25.1 Å². The molecule has 2 heterocycles. The highest BCUT2D eigenvalue weighted by atomic mass is 16.5. The molecular weight excluding hydrogens is 214 g/mol. The number of rotatable bonds is 3. The molecule has 0 radical (unpaired) electrons. The van der Waals surface area contributed by atoms with Crippen molar-refractivity contribution in [1.29, 1.82) is 0 Å². The van der Waals surface area contributed by atoms with Crippen molar-refractivity contribution in [3.63, 3.8) is 0 Å². The first-order valence-corrected chi connectivity index (χ1v) is 6.14. The molecular formula is C13H19N3O. The van der Waals surface area contributed by atoms with Gasteiger partial charge in [-0.15, -0.1) is 0 Å². The summed E-state index contributed by atoms with van der Waals surface area (Å²) in [4.78, 5) is 10.9. The van der Waals surface area contributed by atoms with Crippen molar-refractivity contribution in [1.82, 2.24) is 9.97 Å². The molecule has 1 aromatic heterocycles. The Balaban J connectivity index is 2.25. The molecule has 1 fully saturated rings. The molecule has 4 nitrogen and oxygen atoms in total. The minimum absolute atomic E-state index is 0.418. The van der Waals surface area contributed by atoms with Gasteiger partial charge in [0.25, 0.3) is 0 Å². The van der Waals surface area contributed by atoms with Crippen LogP contribution in [-0.4, -0.2) is 30.2 Å². The third kappa shape index (κ3) is 2.96. The van der Waals surface area contributed by atoms with Gasteiger partial charge in [-0.05, 0) is 18.9 Å². The van der Waals surface area contributed by atoms with Crippen LogP contribution in [-0.2, 0) is 0 Å². The maximum absolute atomic E-state index is 5.12. The Morgan fingerprint density at radius 2 is 1.94 bits per heavy atom. The van der Waals surface area contributed by atoms with Gasteiger partial charge in [-0.2, -0.15) is 9.97 Å². The monoisotopic (exact) mass is 233 g/mol. The van der Waals surface area contributed by atoms with E-state index < -0.39 is 0 Å². The SMILES string of the molecule is C=Cc1cc(N2CCCCCC2)nc(OC)n1. The van der Waals surface area contributed by atoms with E-state index in [1.54, 1.807) is 13.2 Å². The predicted molar refractivity (Wildman–Crippen MR) is 69.4 cm³/mol. The molecule has 0 N–H and O–H groups in total. The molecule has 1 aliphatic heterocycles. The van der Waals surface area contributed by atoms with Gasteiger partial charge in [-0.1, -0.05) is 19.4 Å². The zero-order valence-electron chi connectivity index (χ0n) is 10.4. The molecule has 0 amide bonds. The van der Waals surface area contributed by atoms with Gasteiger partial charge in [0.05, 0.1) is 12.8 Å². The number of methoxy groups -OCH3 is 1. The zero-order chi connectivity index (χ0) is 12.1. The second-order valence-corrected chi connectivity index (χ2v) is 4.24. The number of hydrogen-bond acceptors (Lipinski definition) is 4. The number of nitrogens with zero attached hydrogens (tertiary/aromatic N) is 3. The van der Waals surface area contributed by atoms with Crippen LogP contribution in [0.2, 0.25) is 0 Å². The Hall–Kier alpha value is -1.58. The molecule has 1 aliphatic rings. The van der Waals surface area contributed by atoms with E-state index in [9.17, 15) is 0 Å². The Labute approximate surface area is 102 Å². The first kappa shape index (κ1) is 11.9. The van der Waals surface area contributed by atoms with E-state index in [-0.39, 0.29) is 0 Å². The van der Waals surface area contributed by atoms with Crippen molar-refractivity contribution in [2.24, 2.45) is 0 Å². The summed E-state index contributed by atoms with van der Waals surface area (Å²) in [7, 11) is 1.59. The molecule has 0 unspecified atom stereocenters. The Morgan fingerprint density at radius 1 is 1.24 bits per heavy atom. The van der Waals surface area contributed by atoms with Gasteiger partial charge >= 0.3 is 6.01 Å². The van der Waals surface area contributed by atoms with Crippen LogP contribution in [0.4, 0.5) is 5.82 Å². The molecule has 0 aliphatic carbocycles. The minimum atomic E-state index is 0.418. The summed E-state index contributed by atoms with van der Waals surface area (Å²) in [5.41, 5.74) is 0.816. The van der Waals surface area contributed by atoms with Crippen molar-refractivity contribution >= 4 is 11.9 Å². The summed E-state index contributed by atoms with van der Waals surface area (Å²) < 4.78 is 5.12. The average Bonchev–Trinajstić information content (AvgIpc) is 2.67. The van der Waals surface area contributed by atoms with Gasteiger partial charge in [-0.3, -0.25) is 0 Å². The standard InChI is InChI=1S/C13H19N3O/c1-3-11-10-12(15-13(14-11)17-2)16-8-6-4-5-7-9-16/h3,10H,1,4-9H2,2H3. The Morgan fingerprint density at radius 3 is 2.53 bits per heavy atom. The smallest absolute Gasteiger partial charge is 0.318 e. The van der Waals surface area contributed by atoms with E-state index in [1.165, 1.54) is 25.7 Å². The van der Waals surface area contributed by atoms with E-state index >= 15 is 0 Å². The van der Waals surface area contributed by atoms with E-state index in [1.807, 2.05) is 6.07 Å². The van der Waals surface area contributed by atoms with Crippen molar-refractivity contribution in [3.8, 4) is 6.01 Å². The molecule has 0 aromatic carbocycles. The normalized spacial score (nSPS) is 16.4. The van der Waals surface area contributed by atoms with E-state index in [0.717, 1.165) is 24.6 Å². The molecule has 2 rings (SSSR count). The van der Waals surface area contributed by atoms with Crippen molar-refractivity contribution < 1.29 is 4.74 Å². The Bertz CT molecular complexity index is 384. The topological polar surface area (TPSA) is 38.2 Å². The average molecular weight is 233 g/mol. The van der Waals surface area contributed by atoms with Crippen LogP contribution in [0.25, 0.3) is 6.08 Å². The van der Waals surface area contributed by atoms with Crippen LogP contribution >= 0.6 is 0 Å². The van der Waals surface area contributed by atoms with Gasteiger partial charge < -0.3 is 9.64 Å². The second kappa shape index (κ2) is 5.66. The number of ether oxygens (including phenoxy) is 1. The molecule has 17 heavy (non-hydrogen) atoms. The third-order valence-corrected chi connectivity index (χ3v) is 3.03. The molecule has 0 bridgehead atoms. The lowest BCUT2D eigenvalue weighted by molar-refractivity contribution is 0.379. The fourth-order valence-corrected chi connectivity index (χ4v) is 2.09. The molecule has 1 aromatic rings. The van der Waals surface area contributed by atoms with Gasteiger partial charge in [0, 0.05) is 19.2 Å². The summed E-state index contributed by atoms with van der Waals surface area (Å²) in [5, 5.41) is 0. The molecule has 0 saturated carbocycles. The minimum Gasteiger partial charge on any atom is -0.467 e. The fraction of sp³-hybridized carbons (Fsp3) is 0.538. The summed E-state index contributed by atoms with van der Waals surface area (Å²) in [6, 6.07) is 2.39. The fourth-order valence-electron chi connectivity index (χ4n) is 2.09. The lowest BCUT2D eigenvalue weighted by Gasteiger charge is -2.21. The lowest BCUT2D eigenvalue weighted by atomic mass is 10.2. The highest BCUT2D eigenvalue weighted by molar-refractivity contribution is 5.51. The largest absolute Gasteiger partial charge is 0.467 e. The molecule has 0 atom stereocenters. The van der Waals surface area contributed by atoms with E-state index in [2.05, 4.69) is 21.4 Å². The molecule has 1 saturated heterocycles. The van der Waals surface area contributed by atoms with Gasteiger partial charge in [0.2, 0.25) is 0 Å². The van der Waals surface area contributed by atoms with Crippen LogP contribution in [0.3, 0.4) is 0 Å². The van der Waals surface area contributed by atoms with E-state index in [0.29, 0.717) is 6.01 Å². The maximum Gasteiger partial charge on any atom is 0.318 e. The van der Waals surface area contributed by atoms with Crippen LogP contribution in [0.5, 0.6) is 6.01 Å². The summed E-state index contributed by atoms with van der Waals surface area (Å²) in [5.74, 6) is 0.952. The van der Waals surface area contributed by atoms with Crippen LogP contribution in [0.15, 0.2) is 12.6 Å². The van der Waals surface area contributed by atoms with Gasteiger partial charge in [-0.25, -0.2) is 0 Å². The number of hydrogen-bond donors (Lipinski definition) is 0. The third-order valence-electron chi connectivity index (χ3n) is 3.03. The number of anilines is 1. The summed E-state index contributed by atoms with van der Waals surface area (Å²) in [6.07, 6.45) is 6.82. The Kier molecular flexibility index (Phi) is 3.96. The number of aromatic nitrogens is 2.